The normalized spacial score (nSPS) is 13.7. The highest BCUT2D eigenvalue weighted by molar-refractivity contribution is 5.94. The first-order valence-corrected chi connectivity index (χ1v) is 9.92. The molecule has 0 unspecified atom stereocenters. The van der Waals surface area contributed by atoms with Crippen LogP contribution in [0.5, 0.6) is 0 Å². The molecule has 1 N–H and O–H groups in total. The van der Waals surface area contributed by atoms with E-state index in [9.17, 15) is 9.59 Å². The Hall–Kier alpha value is -2.88. The zero-order valence-electron chi connectivity index (χ0n) is 16.6. The molecule has 4 nitrogen and oxygen atoms in total. The Balaban J connectivity index is 1.53. The van der Waals surface area contributed by atoms with Gasteiger partial charge in [-0.05, 0) is 41.5 Å². The van der Waals surface area contributed by atoms with Crippen molar-refractivity contribution in [2.24, 2.45) is 0 Å². The van der Waals surface area contributed by atoms with Crippen molar-refractivity contribution in [2.75, 3.05) is 6.54 Å². The van der Waals surface area contributed by atoms with Gasteiger partial charge in [-0.1, -0.05) is 68.4 Å². The van der Waals surface area contributed by atoms with Gasteiger partial charge in [0.25, 0.3) is 0 Å². The van der Waals surface area contributed by atoms with E-state index in [4.69, 9.17) is 0 Å². The van der Waals surface area contributed by atoms with Gasteiger partial charge in [0.05, 0.1) is 6.54 Å². The molecule has 2 aromatic rings. The Kier molecular flexibility index (Phi) is 6.64. The van der Waals surface area contributed by atoms with Gasteiger partial charge in [-0.25, -0.2) is 0 Å². The predicted molar refractivity (Wildman–Crippen MR) is 113 cm³/mol. The van der Waals surface area contributed by atoms with E-state index in [1.165, 1.54) is 11.6 Å². The van der Waals surface area contributed by atoms with E-state index in [0.717, 1.165) is 24.0 Å². The Morgan fingerprint density at radius 2 is 1.75 bits per heavy atom. The summed E-state index contributed by atoms with van der Waals surface area (Å²) in [6, 6.07) is 18.4. The molecule has 0 aromatic heterocycles. The maximum atomic E-state index is 12.7. The minimum atomic E-state index is -0.255. The molecule has 0 aliphatic heterocycles. The van der Waals surface area contributed by atoms with Gasteiger partial charge in [-0.2, -0.15) is 0 Å². The van der Waals surface area contributed by atoms with E-state index in [1.54, 1.807) is 6.08 Å². The highest BCUT2D eigenvalue weighted by atomic mass is 16.2. The van der Waals surface area contributed by atoms with Crippen molar-refractivity contribution in [3.8, 4) is 0 Å². The number of nitrogens with zero attached hydrogens (tertiary/aromatic N) is 1. The average Bonchev–Trinajstić information content (AvgIpc) is 3.55. The molecule has 2 amide bonds. The van der Waals surface area contributed by atoms with Crippen LogP contribution in [0.1, 0.15) is 49.3 Å². The van der Waals surface area contributed by atoms with Crippen molar-refractivity contribution < 1.29 is 9.59 Å². The van der Waals surface area contributed by atoms with E-state index < -0.39 is 0 Å². The van der Waals surface area contributed by atoms with Crippen LogP contribution in [-0.4, -0.2) is 29.3 Å². The molecule has 0 radical (unpaired) electrons. The van der Waals surface area contributed by atoms with Crippen LogP contribution in [0.3, 0.4) is 0 Å². The number of hydrogen-bond donors (Lipinski definition) is 1. The molecule has 2 aromatic carbocycles. The second kappa shape index (κ2) is 9.36. The van der Waals surface area contributed by atoms with Crippen LogP contribution in [0.25, 0.3) is 6.08 Å². The number of nitrogens with one attached hydrogen (secondary N) is 1. The van der Waals surface area contributed by atoms with Gasteiger partial charge in [-0.3, -0.25) is 9.59 Å². The summed E-state index contributed by atoms with van der Waals surface area (Å²) < 4.78 is 0. The number of carbonyl (C=O) groups is 2. The van der Waals surface area contributed by atoms with Crippen molar-refractivity contribution in [1.82, 2.24) is 10.2 Å². The summed E-state index contributed by atoms with van der Waals surface area (Å²) in [6.45, 7) is 4.96. The molecule has 0 bridgehead atoms. The highest BCUT2D eigenvalue weighted by Crippen LogP contribution is 2.28. The fraction of sp³-hybridized carbons (Fsp3) is 0.333. The van der Waals surface area contributed by atoms with Gasteiger partial charge in [0, 0.05) is 18.7 Å². The summed E-state index contributed by atoms with van der Waals surface area (Å²) in [7, 11) is 0. The largest absolute Gasteiger partial charge is 0.343 e. The monoisotopic (exact) mass is 376 g/mol. The van der Waals surface area contributed by atoms with Crippen LogP contribution in [-0.2, 0) is 16.1 Å². The third kappa shape index (κ3) is 5.81. The lowest BCUT2D eigenvalue weighted by Gasteiger charge is -2.23. The van der Waals surface area contributed by atoms with Crippen LogP contribution in [0, 0.1) is 0 Å². The topological polar surface area (TPSA) is 49.4 Å². The molecule has 4 heteroatoms. The summed E-state index contributed by atoms with van der Waals surface area (Å²) in [5.41, 5.74) is 3.37. The second-order valence-electron chi connectivity index (χ2n) is 7.61. The Labute approximate surface area is 167 Å². The molecule has 0 atom stereocenters. The van der Waals surface area contributed by atoms with Crippen molar-refractivity contribution in [3.63, 3.8) is 0 Å². The first-order chi connectivity index (χ1) is 13.5. The third-order valence-electron chi connectivity index (χ3n) is 4.95. The summed E-state index contributed by atoms with van der Waals surface area (Å²) in [4.78, 5) is 26.6. The number of rotatable bonds is 8. The molecule has 3 rings (SSSR count). The van der Waals surface area contributed by atoms with E-state index in [1.807, 2.05) is 35.2 Å². The molecule has 146 valence electrons. The molecule has 0 spiro atoms. The van der Waals surface area contributed by atoms with Crippen LogP contribution >= 0.6 is 0 Å². The Bertz CT molecular complexity index is 821. The van der Waals surface area contributed by atoms with Gasteiger partial charge in [0.2, 0.25) is 11.8 Å². The minimum Gasteiger partial charge on any atom is -0.343 e. The van der Waals surface area contributed by atoms with E-state index >= 15 is 0 Å². The lowest BCUT2D eigenvalue weighted by molar-refractivity contribution is -0.133. The summed E-state index contributed by atoms with van der Waals surface area (Å²) in [6.07, 6.45) is 5.29. The van der Waals surface area contributed by atoms with E-state index in [-0.39, 0.29) is 18.4 Å². The number of carbonyl (C=O) groups excluding carboxylic acids is 2. The van der Waals surface area contributed by atoms with Gasteiger partial charge in [0.1, 0.15) is 0 Å². The minimum absolute atomic E-state index is 0.0263. The maximum absolute atomic E-state index is 12.7. The molecule has 0 heterocycles. The molecule has 0 saturated heterocycles. The summed E-state index contributed by atoms with van der Waals surface area (Å²) >= 11 is 0. The van der Waals surface area contributed by atoms with Crippen LogP contribution in [0.15, 0.2) is 60.7 Å². The summed E-state index contributed by atoms with van der Waals surface area (Å²) in [5, 5.41) is 2.71. The third-order valence-corrected chi connectivity index (χ3v) is 4.95. The molecule has 1 fully saturated rings. The molecule has 1 saturated carbocycles. The van der Waals surface area contributed by atoms with E-state index in [2.05, 4.69) is 43.4 Å². The maximum Gasteiger partial charge on any atom is 0.244 e. The van der Waals surface area contributed by atoms with Crippen LogP contribution < -0.4 is 5.32 Å². The van der Waals surface area contributed by atoms with Crippen molar-refractivity contribution in [3.05, 3.63) is 77.4 Å². The zero-order chi connectivity index (χ0) is 19.9. The number of hydrogen-bond acceptors (Lipinski definition) is 2. The average molecular weight is 377 g/mol. The number of amides is 2. The van der Waals surface area contributed by atoms with Crippen molar-refractivity contribution in [1.29, 1.82) is 0 Å². The summed E-state index contributed by atoms with van der Waals surface area (Å²) in [5.74, 6) is 0.209. The molecular formula is C24H28N2O2. The zero-order valence-corrected chi connectivity index (χ0v) is 16.6. The fourth-order valence-electron chi connectivity index (χ4n) is 3.07. The van der Waals surface area contributed by atoms with Gasteiger partial charge in [0.15, 0.2) is 0 Å². The SMILES string of the molecule is CC(C)c1ccc(CN(C(=O)CNC(=O)/C=C/c2ccccc2)C2CC2)cc1. The lowest BCUT2D eigenvalue weighted by Crippen LogP contribution is -2.40. The molecule has 28 heavy (non-hydrogen) atoms. The van der Waals surface area contributed by atoms with E-state index in [0.29, 0.717) is 18.5 Å². The first-order valence-electron chi connectivity index (χ1n) is 9.92. The van der Waals surface area contributed by atoms with Crippen molar-refractivity contribution in [2.45, 2.75) is 45.2 Å². The quantitative estimate of drug-likeness (QED) is 0.704. The Morgan fingerprint density at radius 3 is 2.36 bits per heavy atom. The van der Waals surface area contributed by atoms with Crippen LogP contribution in [0.2, 0.25) is 0 Å². The second-order valence-corrected chi connectivity index (χ2v) is 7.61. The van der Waals surface area contributed by atoms with Gasteiger partial charge >= 0.3 is 0 Å². The fourth-order valence-corrected chi connectivity index (χ4v) is 3.07. The van der Waals surface area contributed by atoms with Crippen LogP contribution in [0.4, 0.5) is 0 Å². The smallest absolute Gasteiger partial charge is 0.244 e. The lowest BCUT2D eigenvalue weighted by atomic mass is 10.0. The van der Waals surface area contributed by atoms with Gasteiger partial charge < -0.3 is 10.2 Å². The molecule has 1 aliphatic carbocycles. The highest BCUT2D eigenvalue weighted by Gasteiger charge is 2.32. The Morgan fingerprint density at radius 1 is 1.07 bits per heavy atom. The van der Waals surface area contributed by atoms with Gasteiger partial charge in [-0.15, -0.1) is 0 Å². The molecular weight excluding hydrogens is 348 g/mol. The first kappa shape index (κ1) is 19.9. The predicted octanol–water partition coefficient (Wildman–Crippen LogP) is 4.13. The number of benzene rings is 2. The molecule has 1 aliphatic rings. The standard InChI is InChI=1S/C24H28N2O2/c1-18(2)21-11-8-20(9-12-21)17-26(22-13-14-22)24(28)16-25-23(27)15-10-19-6-4-3-5-7-19/h3-12,15,18,22H,13-14,16-17H2,1-2H3,(H,25,27)/b15-10+. The van der Waals surface area contributed by atoms with Crippen molar-refractivity contribution >= 4 is 17.9 Å².